The van der Waals surface area contributed by atoms with Crippen LogP contribution in [0.4, 0.5) is 5.82 Å². The molecule has 2 atom stereocenters. The first-order chi connectivity index (χ1) is 13.3. The maximum atomic E-state index is 7.55. The van der Waals surface area contributed by atoms with Gasteiger partial charge in [0.15, 0.2) is 5.82 Å². The Balaban J connectivity index is 1.69. The molecular formula is C20H21N5O2. The molecule has 2 aromatic heterocycles. The maximum Gasteiger partial charge on any atom is 0.248 e. The van der Waals surface area contributed by atoms with Gasteiger partial charge in [-0.25, -0.2) is 11.6 Å². The van der Waals surface area contributed by atoms with Gasteiger partial charge < -0.3 is 20.1 Å². The largest absolute Gasteiger partial charge is 0.472 e. The molecule has 7 nitrogen and oxygen atoms in total. The monoisotopic (exact) mass is 363 g/mol. The molecule has 0 aliphatic carbocycles. The van der Waals surface area contributed by atoms with Gasteiger partial charge >= 0.3 is 0 Å². The Morgan fingerprint density at radius 1 is 1.22 bits per heavy atom. The molecule has 0 radical (unpaired) electrons. The molecule has 1 aliphatic heterocycles. The lowest BCUT2D eigenvalue weighted by molar-refractivity contribution is 0.141. The summed E-state index contributed by atoms with van der Waals surface area (Å²) in [5.41, 5.74) is 8.11. The second-order valence-electron chi connectivity index (χ2n) is 6.57. The van der Waals surface area contributed by atoms with E-state index in [4.69, 9.17) is 21.8 Å². The minimum absolute atomic E-state index is 0.0748. The van der Waals surface area contributed by atoms with Gasteiger partial charge in [-0.3, -0.25) is 4.68 Å². The van der Waals surface area contributed by atoms with Crippen molar-refractivity contribution >= 4 is 16.7 Å². The average Bonchev–Trinajstić information content (AvgIpc) is 2.89. The highest BCUT2D eigenvalue weighted by molar-refractivity contribution is 5.93. The van der Waals surface area contributed by atoms with Crippen molar-refractivity contribution < 1.29 is 9.47 Å². The molecule has 138 valence electrons. The minimum Gasteiger partial charge on any atom is -0.472 e. The van der Waals surface area contributed by atoms with E-state index in [-0.39, 0.29) is 12.1 Å². The van der Waals surface area contributed by atoms with Crippen LogP contribution in [0.2, 0.25) is 0 Å². The SMILES string of the molecule is [C-]#[N+][C@@H]1CCOCCC1n1nc(N)c2c(OCc3ccccc3)nccc21. The Bertz CT molecular complexity index is 964. The fourth-order valence-electron chi connectivity index (χ4n) is 3.50. The number of aromatic nitrogens is 3. The van der Waals surface area contributed by atoms with Crippen molar-refractivity contribution in [2.24, 2.45) is 0 Å². The van der Waals surface area contributed by atoms with Crippen molar-refractivity contribution in [3.63, 3.8) is 0 Å². The van der Waals surface area contributed by atoms with Gasteiger partial charge in [0.2, 0.25) is 11.9 Å². The molecule has 0 bridgehead atoms. The van der Waals surface area contributed by atoms with Crippen molar-refractivity contribution in [3.05, 3.63) is 59.6 Å². The van der Waals surface area contributed by atoms with E-state index in [1.165, 1.54) is 0 Å². The second-order valence-corrected chi connectivity index (χ2v) is 6.57. The Morgan fingerprint density at radius 2 is 2.04 bits per heavy atom. The molecule has 0 spiro atoms. The fourth-order valence-corrected chi connectivity index (χ4v) is 3.50. The van der Waals surface area contributed by atoms with Crippen LogP contribution in [-0.2, 0) is 11.3 Å². The molecule has 1 saturated heterocycles. The third-order valence-corrected chi connectivity index (χ3v) is 4.87. The molecule has 7 heteroatoms. The maximum absolute atomic E-state index is 7.55. The Morgan fingerprint density at radius 3 is 2.85 bits per heavy atom. The highest BCUT2D eigenvalue weighted by Gasteiger charge is 2.33. The molecule has 4 rings (SSSR count). The van der Waals surface area contributed by atoms with Crippen molar-refractivity contribution in [1.29, 1.82) is 0 Å². The molecule has 1 fully saturated rings. The van der Waals surface area contributed by atoms with Crippen LogP contribution in [0.15, 0.2) is 42.6 Å². The summed E-state index contributed by atoms with van der Waals surface area (Å²) >= 11 is 0. The van der Waals surface area contributed by atoms with Crippen LogP contribution >= 0.6 is 0 Å². The van der Waals surface area contributed by atoms with Gasteiger partial charge in [-0.2, -0.15) is 5.10 Å². The first kappa shape index (κ1) is 17.3. The highest BCUT2D eigenvalue weighted by Crippen LogP contribution is 2.34. The number of nitrogens with zero attached hydrogens (tertiary/aromatic N) is 4. The highest BCUT2D eigenvalue weighted by atomic mass is 16.5. The second kappa shape index (κ2) is 7.64. The summed E-state index contributed by atoms with van der Waals surface area (Å²) < 4.78 is 13.4. The number of fused-ring (bicyclic) bond motifs is 1. The van der Waals surface area contributed by atoms with Crippen LogP contribution in [0.1, 0.15) is 24.4 Å². The van der Waals surface area contributed by atoms with E-state index in [1.54, 1.807) is 6.20 Å². The minimum atomic E-state index is -0.183. The van der Waals surface area contributed by atoms with Crippen LogP contribution in [0.25, 0.3) is 15.7 Å². The van der Waals surface area contributed by atoms with Crippen molar-refractivity contribution in [3.8, 4) is 5.88 Å². The number of benzene rings is 1. The van der Waals surface area contributed by atoms with Crippen molar-refractivity contribution in [1.82, 2.24) is 14.8 Å². The number of ether oxygens (including phenoxy) is 2. The van der Waals surface area contributed by atoms with E-state index in [9.17, 15) is 0 Å². The topological polar surface area (TPSA) is 79.5 Å². The number of nitrogens with two attached hydrogens (primary N) is 1. The first-order valence-electron chi connectivity index (χ1n) is 9.01. The van der Waals surface area contributed by atoms with Crippen molar-refractivity contribution in [2.75, 3.05) is 18.9 Å². The van der Waals surface area contributed by atoms with Crippen LogP contribution < -0.4 is 10.5 Å². The zero-order valence-electron chi connectivity index (χ0n) is 14.9. The predicted octanol–water partition coefficient (Wildman–Crippen LogP) is 3.23. The Kier molecular flexibility index (Phi) is 4.90. The third-order valence-electron chi connectivity index (χ3n) is 4.87. The van der Waals surface area contributed by atoms with Crippen LogP contribution in [0, 0.1) is 6.57 Å². The van der Waals surface area contributed by atoms with E-state index in [2.05, 4.69) is 14.9 Å². The summed E-state index contributed by atoms with van der Waals surface area (Å²) in [6.45, 7) is 9.17. The van der Waals surface area contributed by atoms with Gasteiger partial charge in [0, 0.05) is 25.6 Å². The van der Waals surface area contributed by atoms with Gasteiger partial charge in [-0.1, -0.05) is 30.3 Å². The van der Waals surface area contributed by atoms with Crippen LogP contribution in [0.5, 0.6) is 5.88 Å². The fraction of sp³-hybridized carbons (Fsp3) is 0.350. The summed E-state index contributed by atoms with van der Waals surface area (Å²) in [5, 5.41) is 5.24. The average molecular weight is 363 g/mol. The number of anilines is 1. The van der Waals surface area contributed by atoms with Crippen LogP contribution in [-0.4, -0.2) is 34.0 Å². The lowest BCUT2D eigenvalue weighted by Crippen LogP contribution is -2.22. The molecule has 0 saturated carbocycles. The number of nitrogen functional groups attached to an aromatic ring is 1. The Hall–Kier alpha value is -3.11. The van der Waals surface area contributed by atoms with Gasteiger partial charge in [0.25, 0.3) is 0 Å². The zero-order valence-corrected chi connectivity index (χ0v) is 14.9. The summed E-state index contributed by atoms with van der Waals surface area (Å²) in [6.07, 6.45) is 3.12. The Labute approximate surface area is 157 Å². The number of pyridine rings is 1. The number of hydrogen-bond donors (Lipinski definition) is 1. The molecule has 1 aliphatic rings. The zero-order chi connectivity index (χ0) is 18.6. The van der Waals surface area contributed by atoms with E-state index in [0.717, 1.165) is 17.5 Å². The molecule has 0 amide bonds. The molecule has 1 unspecified atom stereocenters. The quantitative estimate of drug-likeness (QED) is 0.720. The lowest BCUT2D eigenvalue weighted by Gasteiger charge is -2.16. The summed E-state index contributed by atoms with van der Waals surface area (Å²) in [7, 11) is 0. The van der Waals surface area contributed by atoms with Gasteiger partial charge in [0.05, 0.1) is 12.1 Å². The summed E-state index contributed by atoms with van der Waals surface area (Å²) in [4.78, 5) is 8.16. The van der Waals surface area contributed by atoms with Gasteiger partial charge in [-0.05, 0) is 11.6 Å². The van der Waals surface area contributed by atoms with E-state index >= 15 is 0 Å². The van der Waals surface area contributed by atoms with E-state index in [1.807, 2.05) is 41.1 Å². The first-order valence-corrected chi connectivity index (χ1v) is 9.01. The molecule has 2 N–H and O–H groups in total. The molecule has 27 heavy (non-hydrogen) atoms. The smallest absolute Gasteiger partial charge is 0.248 e. The van der Waals surface area contributed by atoms with E-state index < -0.39 is 0 Å². The van der Waals surface area contributed by atoms with Crippen LogP contribution in [0.3, 0.4) is 0 Å². The molecular weight excluding hydrogens is 342 g/mol. The lowest BCUT2D eigenvalue weighted by atomic mass is 10.0. The molecule has 3 aromatic rings. The number of rotatable bonds is 4. The molecule has 3 heterocycles. The third kappa shape index (κ3) is 3.44. The van der Waals surface area contributed by atoms with Gasteiger partial charge in [-0.15, -0.1) is 0 Å². The summed E-state index contributed by atoms with van der Waals surface area (Å²) in [5.74, 6) is 0.833. The van der Waals surface area contributed by atoms with Crippen molar-refractivity contribution in [2.45, 2.75) is 31.5 Å². The number of hydrogen-bond acceptors (Lipinski definition) is 5. The normalized spacial score (nSPS) is 20.1. The standard InChI is InChI=1S/C20H21N5O2/c1-22-15-8-11-26-12-9-16(15)25-17-7-10-23-20(18(17)19(21)24-25)27-13-14-5-3-2-4-6-14/h2-7,10,15-16H,8-9,11-13H2,(H2,21,24)/t15-,16?/m1/s1. The predicted molar refractivity (Wildman–Crippen MR) is 102 cm³/mol. The summed E-state index contributed by atoms with van der Waals surface area (Å²) in [6, 6.07) is 11.5. The van der Waals surface area contributed by atoms with E-state index in [0.29, 0.717) is 43.3 Å². The molecule has 1 aromatic carbocycles. The van der Waals surface area contributed by atoms with Gasteiger partial charge in [0.1, 0.15) is 18.0 Å².